The molecule has 2 aromatic carbocycles. The minimum atomic E-state index is -3.70. The average molecular weight is 468 g/mol. The van der Waals surface area contributed by atoms with Crippen LogP contribution in [-0.4, -0.2) is 32.0 Å². The highest BCUT2D eigenvalue weighted by Gasteiger charge is 2.15. The number of methoxy groups -OCH3 is 1. The number of nitrogens with zero attached hydrogens (tertiary/aromatic N) is 2. The highest BCUT2D eigenvalue weighted by Crippen LogP contribution is 2.40. The van der Waals surface area contributed by atoms with Gasteiger partial charge in [0.15, 0.2) is 5.75 Å². The summed E-state index contributed by atoms with van der Waals surface area (Å²) in [5.74, 6) is 0.951. The van der Waals surface area contributed by atoms with Gasteiger partial charge in [-0.25, -0.2) is 18.5 Å². The van der Waals surface area contributed by atoms with E-state index < -0.39 is 10.0 Å². The Morgan fingerprint density at radius 2 is 1.80 bits per heavy atom. The zero-order valence-electron chi connectivity index (χ0n) is 15.9. The first-order chi connectivity index (χ1) is 14.2. The monoisotopic (exact) mass is 467 g/mol. The molecule has 0 unspecified atom stereocenters. The fourth-order valence-electron chi connectivity index (χ4n) is 2.79. The van der Waals surface area contributed by atoms with Crippen molar-refractivity contribution in [3.05, 3.63) is 58.1 Å². The summed E-state index contributed by atoms with van der Waals surface area (Å²) in [5.41, 5.74) is 7.91. The predicted octanol–water partition coefficient (Wildman–Crippen LogP) is 3.34. The fraction of sp³-hybridized carbons (Fsp3) is 0.158. The van der Waals surface area contributed by atoms with Crippen molar-refractivity contribution in [2.24, 2.45) is 5.14 Å². The number of primary sulfonamides is 1. The van der Waals surface area contributed by atoms with Crippen molar-refractivity contribution < 1.29 is 13.2 Å². The Labute approximate surface area is 184 Å². The number of hydrogen-bond donors (Lipinski definition) is 3. The number of nitrogen functional groups attached to an aromatic ring is 1. The van der Waals surface area contributed by atoms with Gasteiger partial charge >= 0.3 is 0 Å². The molecule has 0 atom stereocenters. The predicted molar refractivity (Wildman–Crippen MR) is 118 cm³/mol. The number of nitrogens with two attached hydrogens (primary N) is 2. The van der Waals surface area contributed by atoms with Crippen LogP contribution in [0.15, 0.2) is 47.4 Å². The normalized spacial score (nSPS) is 11.3. The molecule has 11 heteroatoms. The molecular formula is C19H19Cl2N5O3S. The van der Waals surface area contributed by atoms with E-state index in [4.69, 9.17) is 38.8 Å². The van der Waals surface area contributed by atoms with Gasteiger partial charge in [-0.2, -0.15) is 4.98 Å². The fourth-order valence-corrected chi connectivity index (χ4v) is 3.93. The third-order valence-electron chi connectivity index (χ3n) is 4.24. The van der Waals surface area contributed by atoms with E-state index >= 15 is 0 Å². The van der Waals surface area contributed by atoms with Crippen LogP contribution < -0.4 is 20.9 Å². The number of benzene rings is 2. The van der Waals surface area contributed by atoms with Gasteiger partial charge in [0.25, 0.3) is 0 Å². The van der Waals surface area contributed by atoms with Crippen LogP contribution in [0.3, 0.4) is 0 Å². The Morgan fingerprint density at radius 3 is 2.43 bits per heavy atom. The Balaban J connectivity index is 1.75. The number of nitrogens with one attached hydrogen (secondary N) is 1. The number of sulfonamides is 1. The molecule has 3 aromatic rings. The van der Waals surface area contributed by atoms with Crippen LogP contribution in [0, 0.1) is 0 Å². The van der Waals surface area contributed by atoms with Crippen molar-refractivity contribution >= 4 is 45.0 Å². The Hall–Kier alpha value is -2.59. The molecule has 0 saturated carbocycles. The molecule has 1 heterocycles. The van der Waals surface area contributed by atoms with Crippen molar-refractivity contribution in [2.75, 3.05) is 24.7 Å². The van der Waals surface area contributed by atoms with E-state index in [0.717, 1.165) is 5.56 Å². The van der Waals surface area contributed by atoms with E-state index in [1.807, 2.05) is 0 Å². The summed E-state index contributed by atoms with van der Waals surface area (Å²) in [6.45, 7) is 0.530. The van der Waals surface area contributed by atoms with Crippen LogP contribution in [0.4, 0.5) is 11.8 Å². The van der Waals surface area contributed by atoms with Gasteiger partial charge in [0.2, 0.25) is 16.0 Å². The third kappa shape index (κ3) is 5.11. The SMILES string of the molecule is COc1c(Cl)ccc(-c2cc(NCCc3ccc(S(N)(=O)=O)cc3)nc(N)n2)c1Cl. The molecule has 0 aliphatic rings. The lowest BCUT2D eigenvalue weighted by molar-refractivity contribution is 0.415. The van der Waals surface area contributed by atoms with Crippen LogP contribution in [-0.2, 0) is 16.4 Å². The summed E-state index contributed by atoms with van der Waals surface area (Å²) in [5, 5.41) is 8.99. The highest BCUT2D eigenvalue weighted by atomic mass is 35.5. The van der Waals surface area contributed by atoms with E-state index in [2.05, 4.69) is 15.3 Å². The molecule has 3 rings (SSSR count). The smallest absolute Gasteiger partial charge is 0.238 e. The molecule has 30 heavy (non-hydrogen) atoms. The maximum atomic E-state index is 11.3. The van der Waals surface area contributed by atoms with E-state index in [0.29, 0.717) is 45.8 Å². The maximum absolute atomic E-state index is 11.3. The van der Waals surface area contributed by atoms with Gasteiger partial charge in [0, 0.05) is 18.2 Å². The lowest BCUT2D eigenvalue weighted by Gasteiger charge is -2.12. The topological polar surface area (TPSA) is 133 Å². The molecule has 0 aliphatic heterocycles. The molecule has 0 fully saturated rings. The van der Waals surface area contributed by atoms with Crippen molar-refractivity contribution in [3.63, 3.8) is 0 Å². The Morgan fingerprint density at radius 1 is 1.10 bits per heavy atom. The first-order valence-corrected chi connectivity index (χ1v) is 11.0. The molecule has 0 amide bonds. The second kappa shape index (κ2) is 9.05. The number of hydrogen-bond acceptors (Lipinski definition) is 7. The molecule has 0 spiro atoms. The molecule has 1 aromatic heterocycles. The maximum Gasteiger partial charge on any atom is 0.238 e. The van der Waals surface area contributed by atoms with E-state index in [-0.39, 0.29) is 10.8 Å². The summed E-state index contributed by atoms with van der Waals surface area (Å²) in [6.07, 6.45) is 0.625. The van der Waals surface area contributed by atoms with Crippen molar-refractivity contribution in [1.29, 1.82) is 0 Å². The van der Waals surface area contributed by atoms with Gasteiger partial charge < -0.3 is 15.8 Å². The minimum Gasteiger partial charge on any atom is -0.494 e. The highest BCUT2D eigenvalue weighted by molar-refractivity contribution is 7.89. The average Bonchev–Trinajstić information content (AvgIpc) is 2.68. The van der Waals surface area contributed by atoms with Crippen molar-refractivity contribution in [2.45, 2.75) is 11.3 Å². The lowest BCUT2D eigenvalue weighted by atomic mass is 10.1. The standard InChI is InChI=1S/C19H19Cl2N5O3S/c1-29-18-14(20)7-6-13(17(18)21)15-10-16(26-19(22)25-15)24-9-8-11-2-4-12(5-3-11)30(23,27)28/h2-7,10H,8-9H2,1H3,(H2,23,27,28)(H3,22,24,25,26). The number of rotatable bonds is 7. The van der Waals surface area contributed by atoms with Crippen molar-refractivity contribution in [1.82, 2.24) is 9.97 Å². The van der Waals surface area contributed by atoms with Gasteiger partial charge in [-0.1, -0.05) is 35.3 Å². The molecule has 0 saturated heterocycles. The number of anilines is 2. The van der Waals surface area contributed by atoms with Crippen LogP contribution in [0.2, 0.25) is 10.0 Å². The molecule has 0 bridgehead atoms. The molecule has 0 radical (unpaired) electrons. The summed E-state index contributed by atoms with van der Waals surface area (Å²) >= 11 is 12.5. The summed E-state index contributed by atoms with van der Waals surface area (Å²) < 4.78 is 27.9. The molecule has 5 N–H and O–H groups in total. The number of aromatic nitrogens is 2. The van der Waals surface area contributed by atoms with Crippen LogP contribution in [0.25, 0.3) is 11.3 Å². The third-order valence-corrected chi connectivity index (χ3v) is 5.85. The molecular weight excluding hydrogens is 449 g/mol. The lowest BCUT2D eigenvalue weighted by Crippen LogP contribution is -2.12. The first kappa shape index (κ1) is 22.1. The van der Waals surface area contributed by atoms with Crippen molar-refractivity contribution in [3.8, 4) is 17.0 Å². The van der Waals surface area contributed by atoms with E-state index in [1.165, 1.54) is 19.2 Å². The van der Waals surface area contributed by atoms with E-state index in [9.17, 15) is 8.42 Å². The minimum absolute atomic E-state index is 0.0719. The molecule has 0 aliphatic carbocycles. The van der Waals surface area contributed by atoms with Gasteiger partial charge in [-0.3, -0.25) is 0 Å². The second-order valence-electron chi connectivity index (χ2n) is 6.30. The van der Waals surface area contributed by atoms with Crippen LogP contribution in [0.1, 0.15) is 5.56 Å². The van der Waals surface area contributed by atoms with Gasteiger partial charge in [0.05, 0.1) is 27.7 Å². The Kier molecular flexibility index (Phi) is 6.67. The largest absolute Gasteiger partial charge is 0.494 e. The van der Waals surface area contributed by atoms with Crippen LogP contribution in [0.5, 0.6) is 5.75 Å². The zero-order chi connectivity index (χ0) is 21.9. The quantitative estimate of drug-likeness (QED) is 0.484. The first-order valence-electron chi connectivity index (χ1n) is 8.71. The second-order valence-corrected chi connectivity index (χ2v) is 8.65. The van der Waals surface area contributed by atoms with Gasteiger partial charge in [0.1, 0.15) is 5.82 Å². The zero-order valence-corrected chi connectivity index (χ0v) is 18.2. The van der Waals surface area contributed by atoms with Gasteiger partial charge in [-0.05, 0) is 36.2 Å². The summed E-state index contributed by atoms with van der Waals surface area (Å²) in [6, 6.07) is 11.5. The van der Waals surface area contributed by atoms with Crippen LogP contribution >= 0.6 is 23.2 Å². The Bertz CT molecular complexity index is 1170. The van der Waals surface area contributed by atoms with E-state index in [1.54, 1.807) is 30.3 Å². The molecule has 8 nitrogen and oxygen atoms in total. The number of halogens is 2. The number of ether oxygens (including phenoxy) is 1. The summed E-state index contributed by atoms with van der Waals surface area (Å²) in [4.78, 5) is 8.50. The summed E-state index contributed by atoms with van der Waals surface area (Å²) in [7, 11) is -2.22. The molecule has 158 valence electrons. The van der Waals surface area contributed by atoms with Gasteiger partial charge in [-0.15, -0.1) is 0 Å².